The maximum atomic E-state index is 10.4. The molecule has 0 bridgehead atoms. The van der Waals surface area contributed by atoms with Crippen molar-refractivity contribution in [1.29, 1.82) is 0 Å². The minimum atomic E-state index is 0.177. The molecule has 4 heteroatoms. The number of ether oxygens (including phenoxy) is 2. The highest BCUT2D eigenvalue weighted by atomic mass is 16.5. The van der Waals surface area contributed by atoms with Crippen LogP contribution >= 0.6 is 0 Å². The molecule has 0 amide bonds. The lowest BCUT2D eigenvalue weighted by Crippen LogP contribution is -2.32. The number of fused-ring (bicyclic) bond motifs is 1. The maximum absolute atomic E-state index is 10.4. The number of para-hydroxylation sites is 2. The molecule has 4 nitrogen and oxygen atoms in total. The Hall–Kier alpha value is -2.20. The van der Waals surface area contributed by atoms with Crippen molar-refractivity contribution in [2.24, 2.45) is 0 Å². The molecule has 0 aliphatic carbocycles. The van der Waals surface area contributed by atoms with Gasteiger partial charge in [-0.25, -0.2) is 0 Å². The van der Waals surface area contributed by atoms with Gasteiger partial charge in [-0.05, 0) is 25.0 Å². The molecule has 0 saturated carbocycles. The molecule has 134 valence electrons. The predicted octanol–water partition coefficient (Wildman–Crippen LogP) is 4.35. The van der Waals surface area contributed by atoms with E-state index < -0.39 is 0 Å². The molecule has 0 saturated heterocycles. The summed E-state index contributed by atoms with van der Waals surface area (Å²) in [6, 6.07) is 13.9. The fourth-order valence-corrected chi connectivity index (χ4v) is 3.36. The highest BCUT2D eigenvalue weighted by Gasteiger charge is 2.23. The van der Waals surface area contributed by atoms with Crippen LogP contribution in [-0.4, -0.2) is 29.8 Å². The Morgan fingerprint density at radius 3 is 2.84 bits per heavy atom. The number of methoxy groups -OCH3 is 1. The molecule has 0 aromatic heterocycles. The lowest BCUT2D eigenvalue weighted by Gasteiger charge is -2.24. The molecule has 1 aliphatic heterocycles. The molecule has 1 N–H and O–H groups in total. The quantitative estimate of drug-likeness (QED) is 0.848. The number of rotatable bonds is 6. The van der Waals surface area contributed by atoms with Gasteiger partial charge < -0.3 is 14.6 Å². The van der Waals surface area contributed by atoms with Crippen molar-refractivity contribution in [2.45, 2.75) is 45.4 Å². The molecule has 2 aromatic carbocycles. The minimum absolute atomic E-state index is 0.177. The Labute approximate surface area is 150 Å². The van der Waals surface area contributed by atoms with Crippen LogP contribution in [0.4, 0.5) is 0 Å². The second kappa shape index (κ2) is 8.26. The van der Waals surface area contributed by atoms with Crippen molar-refractivity contribution in [3.05, 3.63) is 53.6 Å². The Bertz CT molecular complexity index is 701. The summed E-state index contributed by atoms with van der Waals surface area (Å²) < 4.78 is 11.5. The van der Waals surface area contributed by atoms with Crippen LogP contribution in [0.15, 0.2) is 42.5 Å². The Balaban J connectivity index is 1.82. The Morgan fingerprint density at radius 2 is 2.04 bits per heavy atom. The molecular weight excluding hydrogens is 314 g/mol. The van der Waals surface area contributed by atoms with Gasteiger partial charge in [-0.2, -0.15) is 0 Å². The fourth-order valence-electron chi connectivity index (χ4n) is 3.36. The van der Waals surface area contributed by atoms with Crippen molar-refractivity contribution >= 4 is 0 Å². The SMILES string of the molecule is CCCC[C@@H]1CN(Cc2cccc(OC)c2O)Cc2ccccc2O1. The topological polar surface area (TPSA) is 41.9 Å². The third kappa shape index (κ3) is 4.26. The van der Waals surface area contributed by atoms with Crippen molar-refractivity contribution in [3.8, 4) is 17.2 Å². The normalized spacial score (nSPS) is 17.4. The maximum Gasteiger partial charge on any atom is 0.162 e. The average Bonchev–Trinajstić information content (AvgIpc) is 2.80. The Kier molecular flexibility index (Phi) is 5.82. The summed E-state index contributed by atoms with van der Waals surface area (Å²) in [6.07, 6.45) is 3.55. The van der Waals surface area contributed by atoms with E-state index in [9.17, 15) is 5.11 Å². The zero-order chi connectivity index (χ0) is 17.6. The first-order valence-corrected chi connectivity index (χ1v) is 9.03. The number of aromatic hydroxyl groups is 1. The summed E-state index contributed by atoms with van der Waals surface area (Å²) in [4.78, 5) is 2.35. The molecule has 3 rings (SSSR count). The van der Waals surface area contributed by atoms with Crippen LogP contribution in [-0.2, 0) is 13.1 Å². The summed E-state index contributed by atoms with van der Waals surface area (Å²) in [5, 5.41) is 10.4. The number of hydrogen-bond donors (Lipinski definition) is 1. The molecular formula is C21H27NO3. The van der Waals surface area contributed by atoms with Crippen LogP contribution in [0.3, 0.4) is 0 Å². The van der Waals surface area contributed by atoms with Gasteiger partial charge in [-0.15, -0.1) is 0 Å². The van der Waals surface area contributed by atoms with Crippen molar-refractivity contribution in [1.82, 2.24) is 4.90 Å². The van der Waals surface area contributed by atoms with Crippen LogP contribution in [0.1, 0.15) is 37.3 Å². The van der Waals surface area contributed by atoms with Gasteiger partial charge >= 0.3 is 0 Å². The average molecular weight is 341 g/mol. The predicted molar refractivity (Wildman–Crippen MR) is 99.2 cm³/mol. The third-order valence-electron chi connectivity index (χ3n) is 4.70. The molecule has 2 aromatic rings. The van der Waals surface area contributed by atoms with E-state index in [2.05, 4.69) is 30.0 Å². The summed E-state index contributed by atoms with van der Waals surface area (Å²) in [5.74, 6) is 1.74. The molecule has 0 fully saturated rings. The molecule has 1 atom stereocenters. The van der Waals surface area contributed by atoms with Crippen molar-refractivity contribution in [2.75, 3.05) is 13.7 Å². The number of hydrogen-bond acceptors (Lipinski definition) is 4. The molecule has 1 heterocycles. The highest BCUT2D eigenvalue weighted by molar-refractivity contribution is 5.45. The smallest absolute Gasteiger partial charge is 0.162 e. The van der Waals surface area contributed by atoms with Gasteiger partial charge in [0.1, 0.15) is 11.9 Å². The van der Waals surface area contributed by atoms with Gasteiger partial charge in [0.15, 0.2) is 11.5 Å². The molecule has 0 radical (unpaired) electrons. The minimum Gasteiger partial charge on any atom is -0.504 e. The van der Waals surface area contributed by atoms with E-state index in [0.717, 1.165) is 43.7 Å². The zero-order valence-corrected chi connectivity index (χ0v) is 15.1. The van der Waals surface area contributed by atoms with Gasteiger partial charge in [0, 0.05) is 30.8 Å². The van der Waals surface area contributed by atoms with Gasteiger partial charge in [0.2, 0.25) is 0 Å². The molecule has 25 heavy (non-hydrogen) atoms. The summed E-state index contributed by atoms with van der Waals surface area (Å²) >= 11 is 0. The zero-order valence-electron chi connectivity index (χ0n) is 15.1. The van der Waals surface area contributed by atoms with Gasteiger partial charge in [-0.3, -0.25) is 4.90 Å². The number of phenolic OH excluding ortho intramolecular Hbond substituents is 1. The molecule has 0 spiro atoms. The van der Waals surface area contributed by atoms with E-state index in [4.69, 9.17) is 9.47 Å². The monoisotopic (exact) mass is 341 g/mol. The van der Waals surface area contributed by atoms with Crippen molar-refractivity contribution in [3.63, 3.8) is 0 Å². The number of benzene rings is 2. The second-order valence-electron chi connectivity index (χ2n) is 6.63. The van der Waals surface area contributed by atoms with Crippen LogP contribution < -0.4 is 9.47 Å². The van der Waals surface area contributed by atoms with Crippen LogP contribution in [0.25, 0.3) is 0 Å². The first kappa shape index (κ1) is 17.6. The lowest BCUT2D eigenvalue weighted by molar-refractivity contribution is 0.132. The first-order valence-electron chi connectivity index (χ1n) is 9.03. The van der Waals surface area contributed by atoms with E-state index in [1.54, 1.807) is 13.2 Å². The highest BCUT2D eigenvalue weighted by Crippen LogP contribution is 2.32. The summed E-state index contributed by atoms with van der Waals surface area (Å²) in [7, 11) is 1.58. The van der Waals surface area contributed by atoms with E-state index in [0.29, 0.717) is 12.3 Å². The number of phenols is 1. The van der Waals surface area contributed by atoms with Crippen LogP contribution in [0, 0.1) is 0 Å². The largest absolute Gasteiger partial charge is 0.504 e. The van der Waals surface area contributed by atoms with Gasteiger partial charge in [0.05, 0.1) is 7.11 Å². The van der Waals surface area contributed by atoms with E-state index >= 15 is 0 Å². The molecule has 1 aliphatic rings. The fraction of sp³-hybridized carbons (Fsp3) is 0.429. The second-order valence-corrected chi connectivity index (χ2v) is 6.63. The number of unbranched alkanes of at least 4 members (excludes halogenated alkanes) is 1. The van der Waals surface area contributed by atoms with E-state index in [1.165, 1.54) is 5.56 Å². The lowest BCUT2D eigenvalue weighted by atomic mass is 10.1. The standard InChI is InChI=1S/C21H27NO3/c1-3-4-10-18-15-22(13-16-8-5-6-11-19(16)25-18)14-17-9-7-12-20(24-2)21(17)23/h5-9,11-12,18,23H,3-4,10,13-15H2,1-2H3/t18-/m1/s1. The van der Waals surface area contributed by atoms with Gasteiger partial charge in [0.25, 0.3) is 0 Å². The van der Waals surface area contributed by atoms with Crippen molar-refractivity contribution < 1.29 is 14.6 Å². The summed E-state index contributed by atoms with van der Waals surface area (Å²) in [5.41, 5.74) is 2.08. The van der Waals surface area contributed by atoms with Crippen LogP contribution in [0.5, 0.6) is 17.2 Å². The third-order valence-corrected chi connectivity index (χ3v) is 4.70. The Morgan fingerprint density at radius 1 is 1.20 bits per heavy atom. The number of nitrogens with zero attached hydrogens (tertiary/aromatic N) is 1. The van der Waals surface area contributed by atoms with Crippen LogP contribution in [0.2, 0.25) is 0 Å². The summed E-state index contributed by atoms with van der Waals surface area (Å²) in [6.45, 7) is 4.54. The van der Waals surface area contributed by atoms with Gasteiger partial charge in [-0.1, -0.05) is 43.7 Å². The van der Waals surface area contributed by atoms with E-state index in [-0.39, 0.29) is 11.9 Å². The molecule has 0 unspecified atom stereocenters. The van der Waals surface area contributed by atoms with E-state index in [1.807, 2.05) is 18.2 Å². The first-order chi connectivity index (χ1) is 12.2.